The SMILES string of the molecule is C=N/C(=C\C(=C/C)C(=O)NCc1ccc(NCCOCc2ccccc2)nc1C)Cc1ccc2ncc(Cl)cc2c1. The Morgan fingerprint density at radius 3 is 2.68 bits per heavy atom. The summed E-state index contributed by atoms with van der Waals surface area (Å²) in [5.74, 6) is 0.576. The normalized spacial score (nSPS) is 11.9. The van der Waals surface area contributed by atoms with Crippen molar-refractivity contribution < 1.29 is 9.53 Å². The number of aliphatic imine (C=N–C) groups is 1. The predicted octanol–water partition coefficient (Wildman–Crippen LogP) is 6.61. The van der Waals surface area contributed by atoms with Crippen LogP contribution in [0.4, 0.5) is 5.82 Å². The number of hydrogen-bond acceptors (Lipinski definition) is 6. The molecule has 0 saturated carbocycles. The summed E-state index contributed by atoms with van der Waals surface area (Å²) in [6, 6.07) is 21.8. The number of amides is 1. The predicted molar refractivity (Wildman–Crippen MR) is 167 cm³/mol. The zero-order valence-corrected chi connectivity index (χ0v) is 24.1. The van der Waals surface area contributed by atoms with Gasteiger partial charge < -0.3 is 15.4 Å². The monoisotopic (exact) mass is 567 g/mol. The molecule has 7 nitrogen and oxygen atoms in total. The largest absolute Gasteiger partial charge is 0.375 e. The van der Waals surface area contributed by atoms with Crippen LogP contribution in [0.15, 0.2) is 101 Å². The molecule has 4 aromatic rings. The van der Waals surface area contributed by atoms with Crippen LogP contribution in [0.1, 0.15) is 29.3 Å². The molecule has 210 valence electrons. The first-order chi connectivity index (χ1) is 19.9. The highest BCUT2D eigenvalue weighted by molar-refractivity contribution is 6.31. The van der Waals surface area contributed by atoms with E-state index < -0.39 is 0 Å². The molecule has 0 radical (unpaired) electrons. The molecule has 0 fully saturated rings. The minimum Gasteiger partial charge on any atom is -0.375 e. The van der Waals surface area contributed by atoms with Crippen LogP contribution >= 0.6 is 11.6 Å². The third kappa shape index (κ3) is 8.83. The van der Waals surface area contributed by atoms with Gasteiger partial charge in [-0.15, -0.1) is 0 Å². The number of carbonyl (C=O) groups is 1. The molecule has 0 aliphatic heterocycles. The smallest absolute Gasteiger partial charge is 0.251 e. The summed E-state index contributed by atoms with van der Waals surface area (Å²) < 4.78 is 5.72. The van der Waals surface area contributed by atoms with Crippen LogP contribution in [0.3, 0.4) is 0 Å². The molecule has 0 unspecified atom stereocenters. The Balaban J connectivity index is 1.28. The fourth-order valence-corrected chi connectivity index (χ4v) is 4.42. The molecule has 0 aliphatic carbocycles. The summed E-state index contributed by atoms with van der Waals surface area (Å²) in [6.45, 7) is 9.62. The molecule has 2 heterocycles. The maximum absolute atomic E-state index is 13.0. The Morgan fingerprint density at radius 1 is 1.10 bits per heavy atom. The second-order valence-electron chi connectivity index (χ2n) is 9.48. The third-order valence-electron chi connectivity index (χ3n) is 6.49. The van der Waals surface area contributed by atoms with Crippen LogP contribution < -0.4 is 10.6 Å². The summed E-state index contributed by atoms with van der Waals surface area (Å²) in [5.41, 5.74) is 6.02. The van der Waals surface area contributed by atoms with Crippen LogP contribution in [0.25, 0.3) is 10.9 Å². The van der Waals surface area contributed by atoms with Gasteiger partial charge in [0.15, 0.2) is 0 Å². The Labute approximate surface area is 246 Å². The van der Waals surface area contributed by atoms with E-state index in [1.165, 1.54) is 0 Å². The van der Waals surface area contributed by atoms with Crippen LogP contribution in [0.2, 0.25) is 5.02 Å². The van der Waals surface area contributed by atoms with Crippen LogP contribution in [0, 0.1) is 6.92 Å². The molecule has 0 atom stereocenters. The number of allylic oxidation sites excluding steroid dienone is 2. The first kappa shape index (κ1) is 29.6. The lowest BCUT2D eigenvalue weighted by molar-refractivity contribution is -0.117. The molecule has 2 N–H and O–H groups in total. The molecule has 8 heteroatoms. The maximum Gasteiger partial charge on any atom is 0.251 e. The summed E-state index contributed by atoms with van der Waals surface area (Å²) in [5, 5.41) is 7.81. The molecular formula is C33H34ClN5O2. The number of carbonyl (C=O) groups excluding carboxylic acids is 1. The first-order valence-electron chi connectivity index (χ1n) is 13.4. The zero-order chi connectivity index (χ0) is 29.0. The van der Waals surface area contributed by atoms with Gasteiger partial charge >= 0.3 is 0 Å². The minimum atomic E-state index is -0.194. The lowest BCUT2D eigenvalue weighted by Crippen LogP contribution is -2.24. The van der Waals surface area contributed by atoms with Gasteiger partial charge in [0, 0.05) is 48.1 Å². The Bertz CT molecular complexity index is 1570. The number of ether oxygens (including phenoxy) is 1. The maximum atomic E-state index is 13.0. The molecule has 0 aliphatic rings. The topological polar surface area (TPSA) is 88.5 Å². The van der Waals surface area contributed by atoms with Crippen LogP contribution in [0.5, 0.6) is 0 Å². The number of anilines is 1. The number of rotatable bonds is 13. The highest BCUT2D eigenvalue weighted by Gasteiger charge is 2.10. The highest BCUT2D eigenvalue weighted by atomic mass is 35.5. The fraction of sp³-hybridized carbons (Fsp3) is 0.212. The van der Waals surface area contributed by atoms with E-state index in [2.05, 4.69) is 32.3 Å². The van der Waals surface area contributed by atoms with E-state index in [1.54, 1.807) is 18.3 Å². The van der Waals surface area contributed by atoms with Crippen molar-refractivity contribution in [1.29, 1.82) is 0 Å². The van der Waals surface area contributed by atoms with Crippen LogP contribution in [-0.4, -0.2) is 35.7 Å². The zero-order valence-electron chi connectivity index (χ0n) is 23.4. The van der Waals surface area contributed by atoms with Gasteiger partial charge in [-0.1, -0.05) is 60.1 Å². The lowest BCUT2D eigenvalue weighted by atomic mass is 10.0. The number of nitrogens with zero attached hydrogens (tertiary/aromatic N) is 3. The molecule has 0 saturated heterocycles. The van der Waals surface area contributed by atoms with Crippen molar-refractivity contribution in [3.8, 4) is 0 Å². The van der Waals surface area contributed by atoms with Crippen molar-refractivity contribution in [2.24, 2.45) is 4.99 Å². The van der Waals surface area contributed by atoms with E-state index >= 15 is 0 Å². The fourth-order valence-electron chi connectivity index (χ4n) is 4.25. The summed E-state index contributed by atoms with van der Waals surface area (Å²) >= 11 is 6.10. The molecule has 1 amide bonds. The Kier molecular flexibility index (Phi) is 10.8. The average Bonchev–Trinajstić information content (AvgIpc) is 2.98. The Morgan fingerprint density at radius 2 is 1.93 bits per heavy atom. The van der Waals surface area contributed by atoms with Crippen LogP contribution in [-0.2, 0) is 29.1 Å². The second kappa shape index (κ2) is 14.9. The number of fused-ring (bicyclic) bond motifs is 1. The van der Waals surface area contributed by atoms with Gasteiger partial charge in [-0.2, -0.15) is 0 Å². The lowest BCUT2D eigenvalue weighted by Gasteiger charge is -2.12. The van der Waals surface area contributed by atoms with Gasteiger partial charge in [0.2, 0.25) is 0 Å². The first-order valence-corrected chi connectivity index (χ1v) is 13.8. The van der Waals surface area contributed by atoms with Gasteiger partial charge in [0.05, 0.1) is 23.8 Å². The number of pyridine rings is 2. The molecule has 41 heavy (non-hydrogen) atoms. The van der Waals surface area contributed by atoms with Crippen molar-refractivity contribution in [2.75, 3.05) is 18.5 Å². The molecular weight excluding hydrogens is 534 g/mol. The van der Waals surface area contributed by atoms with E-state index in [0.29, 0.717) is 49.0 Å². The summed E-state index contributed by atoms with van der Waals surface area (Å²) in [4.78, 5) is 26.1. The van der Waals surface area contributed by atoms with Crippen molar-refractivity contribution in [3.63, 3.8) is 0 Å². The second-order valence-corrected chi connectivity index (χ2v) is 9.92. The van der Waals surface area contributed by atoms with E-state index in [1.807, 2.05) is 80.6 Å². The summed E-state index contributed by atoms with van der Waals surface area (Å²) in [7, 11) is 0. The highest BCUT2D eigenvalue weighted by Crippen LogP contribution is 2.21. The molecule has 2 aromatic carbocycles. The molecule has 0 bridgehead atoms. The van der Waals surface area contributed by atoms with Gasteiger partial charge in [0.25, 0.3) is 5.91 Å². The molecule has 4 rings (SSSR count). The number of nitrogens with one attached hydrogen (secondary N) is 2. The molecule has 0 spiro atoms. The van der Waals surface area contributed by atoms with Crippen molar-refractivity contribution in [2.45, 2.75) is 33.4 Å². The number of aromatic nitrogens is 2. The van der Waals surface area contributed by atoms with Crippen molar-refractivity contribution >= 4 is 40.9 Å². The number of benzene rings is 2. The minimum absolute atomic E-state index is 0.194. The quantitative estimate of drug-likeness (QED) is 0.0821. The van der Waals surface area contributed by atoms with Gasteiger partial charge in [0.1, 0.15) is 5.82 Å². The number of halogens is 1. The molecule has 2 aromatic heterocycles. The number of aryl methyl sites for hydroxylation is 1. The van der Waals surface area contributed by atoms with Crippen molar-refractivity contribution in [1.82, 2.24) is 15.3 Å². The standard InChI is InChI=1S/C33H34ClN5O2/c1-4-26(19-30(35-3)17-25-10-12-31-28(16-25)18-29(34)21-37-31)33(40)38-20-27-11-13-32(39-23(27)2)36-14-15-41-22-24-8-6-5-7-9-24/h4-13,16,18-19,21H,3,14-15,17,20,22H2,1-2H3,(H,36,39)(H,38,40)/b26-4+,30-19-. The number of hydrogen-bond donors (Lipinski definition) is 2. The van der Waals surface area contributed by atoms with E-state index in [0.717, 1.165) is 39.1 Å². The summed E-state index contributed by atoms with van der Waals surface area (Å²) in [6.07, 6.45) is 5.68. The third-order valence-corrected chi connectivity index (χ3v) is 6.70. The van der Waals surface area contributed by atoms with E-state index in [-0.39, 0.29) is 5.91 Å². The average molecular weight is 568 g/mol. The van der Waals surface area contributed by atoms with Gasteiger partial charge in [-0.25, -0.2) is 4.98 Å². The van der Waals surface area contributed by atoms with Gasteiger partial charge in [-0.05, 0) is 67.6 Å². The van der Waals surface area contributed by atoms with Gasteiger partial charge in [-0.3, -0.25) is 14.8 Å². The van der Waals surface area contributed by atoms with Crippen molar-refractivity contribution in [3.05, 3.63) is 124 Å². The van der Waals surface area contributed by atoms with E-state index in [9.17, 15) is 4.79 Å². The van der Waals surface area contributed by atoms with E-state index in [4.69, 9.17) is 16.3 Å². The Hall–Kier alpha value is -4.33.